The van der Waals surface area contributed by atoms with Crippen LogP contribution >= 0.6 is 11.8 Å². The first kappa shape index (κ1) is 24.5. The third-order valence-electron chi connectivity index (χ3n) is 5.77. The van der Waals surface area contributed by atoms with E-state index in [-0.39, 0.29) is 23.3 Å². The average Bonchev–Trinajstić information content (AvgIpc) is 2.89. The van der Waals surface area contributed by atoms with E-state index in [0.717, 1.165) is 24.2 Å². The summed E-state index contributed by atoms with van der Waals surface area (Å²) in [7, 11) is 1.62. The Bertz CT molecular complexity index is 1340. The number of rotatable bonds is 10. The van der Waals surface area contributed by atoms with Gasteiger partial charge >= 0.3 is 0 Å². The second-order valence-electron chi connectivity index (χ2n) is 8.43. The summed E-state index contributed by atoms with van der Waals surface area (Å²) in [5.41, 5.74) is 2.71. The summed E-state index contributed by atoms with van der Waals surface area (Å²) in [6.07, 6.45) is 1.76. The van der Waals surface area contributed by atoms with E-state index in [1.165, 1.54) is 17.3 Å². The monoisotopic (exact) mass is 487 g/mol. The fraction of sp³-hybridized carbons (Fsp3) is 0.250. The number of nitrogens with one attached hydrogen (secondary N) is 1. The molecule has 1 heterocycles. The number of para-hydroxylation sites is 1. The van der Waals surface area contributed by atoms with Gasteiger partial charge in [-0.3, -0.25) is 14.2 Å². The van der Waals surface area contributed by atoms with Crippen molar-refractivity contribution >= 4 is 28.6 Å². The molecule has 0 radical (unpaired) electrons. The topological polar surface area (TPSA) is 73.2 Å². The second kappa shape index (κ2) is 11.7. The lowest BCUT2D eigenvalue weighted by Gasteiger charge is -2.15. The number of amides is 1. The molecule has 7 heteroatoms. The molecule has 35 heavy (non-hydrogen) atoms. The molecular formula is C28H29N3O3S. The first-order valence-corrected chi connectivity index (χ1v) is 12.6. The predicted octanol–water partition coefficient (Wildman–Crippen LogP) is 4.68. The van der Waals surface area contributed by atoms with E-state index in [4.69, 9.17) is 9.72 Å². The number of hydrogen-bond acceptors (Lipinski definition) is 5. The fourth-order valence-corrected chi connectivity index (χ4v) is 4.67. The van der Waals surface area contributed by atoms with Crippen molar-refractivity contribution < 1.29 is 9.53 Å². The average molecular weight is 488 g/mol. The van der Waals surface area contributed by atoms with Crippen LogP contribution in [0.2, 0.25) is 0 Å². The highest BCUT2D eigenvalue weighted by molar-refractivity contribution is 7.99. The van der Waals surface area contributed by atoms with Gasteiger partial charge in [-0.1, -0.05) is 66.4 Å². The summed E-state index contributed by atoms with van der Waals surface area (Å²) in [5, 5.41) is 4.15. The van der Waals surface area contributed by atoms with Gasteiger partial charge in [-0.25, -0.2) is 4.98 Å². The zero-order valence-electron chi connectivity index (χ0n) is 19.9. The molecule has 0 spiro atoms. The van der Waals surface area contributed by atoms with Gasteiger partial charge in [-0.05, 0) is 55.2 Å². The molecule has 1 amide bonds. The lowest BCUT2D eigenvalue weighted by atomic mass is 10.1. The number of ether oxygens (including phenoxy) is 1. The first-order valence-electron chi connectivity index (χ1n) is 11.6. The Hall–Kier alpha value is -3.58. The largest absolute Gasteiger partial charge is 0.497 e. The molecule has 180 valence electrons. The molecule has 3 aromatic carbocycles. The lowest BCUT2D eigenvalue weighted by Crippen LogP contribution is -2.34. The minimum atomic E-state index is -0.120. The SMILES string of the molecule is COc1ccc(Cn2c(SCC(=O)N[C@H](C)CCc3ccccc3)nc3ccccc3c2=O)cc1. The lowest BCUT2D eigenvalue weighted by molar-refractivity contribution is -0.119. The smallest absolute Gasteiger partial charge is 0.262 e. The minimum absolute atomic E-state index is 0.0503. The molecule has 1 N–H and O–H groups in total. The number of hydrogen-bond donors (Lipinski definition) is 1. The van der Waals surface area contributed by atoms with Crippen LogP contribution in [0, 0.1) is 0 Å². The van der Waals surface area contributed by atoms with Gasteiger partial charge in [-0.2, -0.15) is 0 Å². The second-order valence-corrected chi connectivity index (χ2v) is 9.37. The summed E-state index contributed by atoms with van der Waals surface area (Å²) < 4.78 is 6.87. The molecule has 4 rings (SSSR count). The van der Waals surface area contributed by atoms with Gasteiger partial charge in [0.25, 0.3) is 5.56 Å². The van der Waals surface area contributed by atoms with Crippen molar-refractivity contribution in [3.8, 4) is 5.75 Å². The van der Waals surface area contributed by atoms with Crippen molar-refractivity contribution in [1.29, 1.82) is 0 Å². The van der Waals surface area contributed by atoms with E-state index in [9.17, 15) is 9.59 Å². The Morgan fingerprint density at radius 2 is 1.71 bits per heavy atom. The third-order valence-corrected chi connectivity index (χ3v) is 6.75. The highest BCUT2D eigenvalue weighted by Crippen LogP contribution is 2.20. The predicted molar refractivity (Wildman–Crippen MR) is 141 cm³/mol. The van der Waals surface area contributed by atoms with Gasteiger partial charge in [0.1, 0.15) is 5.75 Å². The number of carbonyl (C=O) groups is 1. The molecule has 1 aromatic heterocycles. The third kappa shape index (κ3) is 6.51. The molecule has 1 atom stereocenters. The van der Waals surface area contributed by atoms with Gasteiger partial charge < -0.3 is 10.1 Å². The first-order chi connectivity index (χ1) is 17.0. The van der Waals surface area contributed by atoms with Crippen LogP contribution in [0.1, 0.15) is 24.5 Å². The fourth-order valence-electron chi connectivity index (χ4n) is 3.86. The Kier molecular flexibility index (Phi) is 8.21. The number of thioether (sulfide) groups is 1. The Balaban J connectivity index is 1.46. The van der Waals surface area contributed by atoms with Gasteiger partial charge in [0.15, 0.2) is 5.16 Å². The summed E-state index contributed by atoms with van der Waals surface area (Å²) in [4.78, 5) is 30.7. The van der Waals surface area contributed by atoms with Crippen LogP contribution in [-0.4, -0.2) is 34.4 Å². The van der Waals surface area contributed by atoms with Crippen LogP contribution in [0.5, 0.6) is 5.75 Å². The molecule has 4 aromatic rings. The van der Waals surface area contributed by atoms with Crippen LogP contribution in [0.4, 0.5) is 0 Å². The van der Waals surface area contributed by atoms with Crippen molar-refractivity contribution in [1.82, 2.24) is 14.9 Å². The molecule has 0 saturated carbocycles. The molecule has 0 saturated heterocycles. The molecule has 0 aliphatic heterocycles. The van der Waals surface area contributed by atoms with Gasteiger partial charge in [0.2, 0.25) is 5.91 Å². The Morgan fingerprint density at radius 3 is 2.46 bits per heavy atom. The molecule has 0 bridgehead atoms. The number of benzene rings is 3. The number of aromatic nitrogens is 2. The number of methoxy groups -OCH3 is 1. The van der Waals surface area contributed by atoms with Gasteiger partial charge in [0, 0.05) is 6.04 Å². The van der Waals surface area contributed by atoms with Gasteiger partial charge in [-0.15, -0.1) is 0 Å². The maximum absolute atomic E-state index is 13.3. The van der Waals surface area contributed by atoms with Gasteiger partial charge in [0.05, 0.1) is 30.3 Å². The van der Waals surface area contributed by atoms with Crippen molar-refractivity contribution in [2.45, 2.75) is 37.5 Å². The van der Waals surface area contributed by atoms with E-state index >= 15 is 0 Å². The van der Waals surface area contributed by atoms with E-state index < -0.39 is 0 Å². The molecule has 6 nitrogen and oxygen atoms in total. The van der Waals surface area contributed by atoms with Crippen LogP contribution < -0.4 is 15.6 Å². The standard InChI is InChI=1S/C28H29N3O3S/c1-20(12-13-21-8-4-3-5-9-21)29-26(32)19-35-28-30-25-11-7-6-10-24(25)27(33)31(28)18-22-14-16-23(34-2)17-15-22/h3-11,14-17,20H,12-13,18-19H2,1-2H3,(H,29,32)/t20-/m1/s1. The van der Waals surface area contributed by atoms with E-state index in [1.807, 2.05) is 67.6 Å². The van der Waals surface area contributed by atoms with Crippen molar-refractivity contribution in [3.63, 3.8) is 0 Å². The van der Waals surface area contributed by atoms with Crippen LogP contribution in [0.15, 0.2) is 88.8 Å². The molecule has 0 aliphatic carbocycles. The van der Waals surface area contributed by atoms with Crippen LogP contribution in [0.25, 0.3) is 10.9 Å². The zero-order chi connectivity index (χ0) is 24.6. The van der Waals surface area contributed by atoms with Crippen molar-refractivity contribution in [2.75, 3.05) is 12.9 Å². The van der Waals surface area contributed by atoms with Crippen molar-refractivity contribution in [3.05, 3.63) is 100 Å². The number of carbonyl (C=O) groups excluding carboxylic acids is 1. The Morgan fingerprint density at radius 1 is 1.00 bits per heavy atom. The molecular weight excluding hydrogens is 458 g/mol. The van der Waals surface area contributed by atoms with E-state index in [0.29, 0.717) is 22.6 Å². The highest BCUT2D eigenvalue weighted by atomic mass is 32.2. The molecule has 0 aliphatic rings. The number of aryl methyl sites for hydroxylation is 1. The summed E-state index contributed by atoms with van der Waals surface area (Å²) in [6.45, 7) is 2.37. The zero-order valence-corrected chi connectivity index (χ0v) is 20.8. The minimum Gasteiger partial charge on any atom is -0.497 e. The van der Waals surface area contributed by atoms with Crippen LogP contribution in [-0.2, 0) is 17.8 Å². The maximum Gasteiger partial charge on any atom is 0.262 e. The molecule has 0 unspecified atom stereocenters. The quantitative estimate of drug-likeness (QED) is 0.260. The van der Waals surface area contributed by atoms with E-state index in [2.05, 4.69) is 17.4 Å². The maximum atomic E-state index is 13.3. The summed E-state index contributed by atoms with van der Waals surface area (Å²) >= 11 is 1.28. The van der Waals surface area contributed by atoms with E-state index in [1.54, 1.807) is 17.7 Å². The summed E-state index contributed by atoms with van der Waals surface area (Å²) in [6, 6.07) is 25.2. The normalized spacial score (nSPS) is 11.8. The highest BCUT2D eigenvalue weighted by Gasteiger charge is 2.15. The van der Waals surface area contributed by atoms with Crippen molar-refractivity contribution in [2.24, 2.45) is 0 Å². The number of fused-ring (bicyclic) bond motifs is 1. The Labute approximate surface area is 209 Å². The molecule has 0 fully saturated rings. The van der Waals surface area contributed by atoms with Crippen LogP contribution in [0.3, 0.4) is 0 Å². The summed E-state index contributed by atoms with van der Waals surface area (Å²) in [5.74, 6) is 0.864. The number of nitrogens with zero attached hydrogens (tertiary/aromatic N) is 2.